The van der Waals surface area contributed by atoms with Crippen LogP contribution in [0.1, 0.15) is 32.1 Å². The summed E-state index contributed by atoms with van der Waals surface area (Å²) < 4.78 is 0. The molecule has 0 aromatic rings. The second kappa shape index (κ2) is 2.76. The Morgan fingerprint density at radius 3 is 2.09 bits per heavy atom. The fourth-order valence-electron chi connectivity index (χ4n) is 2.39. The van der Waals surface area contributed by atoms with Gasteiger partial charge in [-0.1, -0.05) is 6.42 Å². The van der Waals surface area contributed by atoms with Crippen molar-refractivity contribution in [3.63, 3.8) is 0 Å². The quantitative estimate of drug-likeness (QED) is 0.614. The monoisotopic (exact) mass is 154 g/mol. The van der Waals surface area contributed by atoms with Crippen molar-refractivity contribution in [1.29, 1.82) is 0 Å². The number of likely N-dealkylation sites (tertiary alicyclic amines) is 1. The maximum absolute atomic E-state index is 5.58. The summed E-state index contributed by atoms with van der Waals surface area (Å²) in [5.41, 5.74) is 6.36. The molecule has 0 atom stereocenters. The largest absolute Gasteiger partial charge is 0.318 e. The van der Waals surface area contributed by atoms with Gasteiger partial charge in [0.05, 0.1) is 0 Å². The second-order valence-electron chi connectivity index (χ2n) is 4.15. The van der Waals surface area contributed by atoms with E-state index in [-0.39, 0.29) is 0 Å². The molecular weight excluding hydrogens is 136 g/mol. The molecule has 0 amide bonds. The Morgan fingerprint density at radius 2 is 1.73 bits per heavy atom. The van der Waals surface area contributed by atoms with Crippen LogP contribution in [0.3, 0.4) is 0 Å². The van der Waals surface area contributed by atoms with Crippen molar-refractivity contribution in [2.45, 2.75) is 32.1 Å². The minimum absolute atomic E-state index is 0.760. The van der Waals surface area contributed by atoms with Crippen molar-refractivity contribution in [2.75, 3.05) is 19.8 Å². The molecule has 2 N–H and O–H groups in total. The van der Waals surface area contributed by atoms with Gasteiger partial charge in [0.25, 0.3) is 0 Å². The molecule has 2 fully saturated rings. The molecule has 11 heavy (non-hydrogen) atoms. The molecule has 0 unspecified atom stereocenters. The van der Waals surface area contributed by atoms with Gasteiger partial charge in [-0.2, -0.15) is 0 Å². The van der Waals surface area contributed by atoms with E-state index in [1.165, 1.54) is 45.2 Å². The maximum Gasteiger partial charge on any atom is 0.0455 e. The highest BCUT2D eigenvalue weighted by atomic mass is 15.2. The molecule has 2 rings (SSSR count). The summed E-state index contributed by atoms with van der Waals surface area (Å²) in [6, 6.07) is 0. The predicted molar refractivity (Wildman–Crippen MR) is 46.1 cm³/mol. The predicted octanol–water partition coefficient (Wildman–Crippen LogP) is 1.17. The second-order valence-corrected chi connectivity index (χ2v) is 4.15. The Morgan fingerprint density at radius 1 is 1.09 bits per heavy atom. The summed E-state index contributed by atoms with van der Waals surface area (Å²) in [5, 5.41) is 0. The van der Waals surface area contributed by atoms with Gasteiger partial charge in [0.2, 0.25) is 0 Å². The minimum atomic E-state index is 0.760. The van der Waals surface area contributed by atoms with Gasteiger partial charge in [-0.05, 0) is 44.2 Å². The highest BCUT2D eigenvalue weighted by molar-refractivity contribution is 4.91. The Kier molecular flexibility index (Phi) is 1.90. The molecule has 1 aliphatic carbocycles. The van der Waals surface area contributed by atoms with Crippen LogP contribution in [-0.4, -0.2) is 24.7 Å². The van der Waals surface area contributed by atoms with Gasteiger partial charge in [-0.25, -0.2) is 0 Å². The van der Waals surface area contributed by atoms with Crippen molar-refractivity contribution in [2.24, 2.45) is 11.1 Å². The van der Waals surface area contributed by atoms with Gasteiger partial charge in [-0.15, -0.1) is 0 Å². The van der Waals surface area contributed by atoms with Crippen molar-refractivity contribution in [3.8, 4) is 0 Å². The topological polar surface area (TPSA) is 29.3 Å². The number of piperidine rings is 1. The van der Waals surface area contributed by atoms with E-state index in [0.29, 0.717) is 0 Å². The number of nitrogens with two attached hydrogens (primary N) is 1. The lowest BCUT2D eigenvalue weighted by atomic mass is 9.63. The Bertz CT molecular complexity index is 130. The first-order chi connectivity index (χ1) is 5.35. The third-order valence-corrected chi connectivity index (χ3v) is 3.59. The van der Waals surface area contributed by atoms with E-state index in [1.807, 2.05) is 0 Å². The molecule has 2 aliphatic rings. The number of hydrogen-bond acceptors (Lipinski definition) is 2. The molecule has 64 valence electrons. The highest BCUT2D eigenvalue weighted by Gasteiger charge is 2.38. The van der Waals surface area contributed by atoms with E-state index in [4.69, 9.17) is 5.73 Å². The number of hydrogen-bond donors (Lipinski definition) is 1. The molecule has 2 nitrogen and oxygen atoms in total. The van der Waals surface area contributed by atoms with E-state index in [0.717, 1.165) is 12.1 Å². The van der Waals surface area contributed by atoms with Crippen LogP contribution in [0.2, 0.25) is 0 Å². The molecule has 0 aromatic carbocycles. The Balaban J connectivity index is 1.84. The highest BCUT2D eigenvalue weighted by Crippen LogP contribution is 2.48. The zero-order chi connectivity index (χ0) is 7.73. The molecule has 1 aliphatic heterocycles. The lowest BCUT2D eigenvalue weighted by molar-refractivity contribution is 0.0346. The van der Waals surface area contributed by atoms with Crippen LogP contribution in [0.15, 0.2) is 0 Å². The summed E-state index contributed by atoms with van der Waals surface area (Å²) >= 11 is 0. The van der Waals surface area contributed by atoms with Crippen LogP contribution in [0.5, 0.6) is 0 Å². The first-order valence-electron chi connectivity index (χ1n) is 4.77. The average molecular weight is 154 g/mol. The van der Waals surface area contributed by atoms with Crippen molar-refractivity contribution >= 4 is 0 Å². The zero-order valence-corrected chi connectivity index (χ0v) is 7.18. The van der Waals surface area contributed by atoms with Gasteiger partial charge in [0.1, 0.15) is 0 Å². The summed E-state index contributed by atoms with van der Waals surface area (Å²) in [6.07, 6.45) is 7.27. The number of nitrogens with zero attached hydrogens (tertiary/aromatic N) is 1. The third-order valence-electron chi connectivity index (χ3n) is 3.59. The Hall–Kier alpha value is -0.0800. The van der Waals surface area contributed by atoms with Gasteiger partial charge >= 0.3 is 0 Å². The van der Waals surface area contributed by atoms with Crippen molar-refractivity contribution in [1.82, 2.24) is 4.90 Å². The molecule has 1 saturated carbocycles. The van der Waals surface area contributed by atoms with Gasteiger partial charge in [-0.3, -0.25) is 4.90 Å². The van der Waals surface area contributed by atoms with Crippen LogP contribution in [0, 0.1) is 5.41 Å². The molecule has 0 radical (unpaired) electrons. The fraction of sp³-hybridized carbons (Fsp3) is 1.00. The van der Waals surface area contributed by atoms with Crippen LogP contribution in [0.25, 0.3) is 0 Å². The zero-order valence-electron chi connectivity index (χ0n) is 7.18. The van der Waals surface area contributed by atoms with E-state index in [9.17, 15) is 0 Å². The normalized spacial score (nSPS) is 30.3. The fourth-order valence-corrected chi connectivity index (χ4v) is 2.39. The van der Waals surface area contributed by atoms with Crippen LogP contribution in [-0.2, 0) is 0 Å². The van der Waals surface area contributed by atoms with Gasteiger partial charge in [0.15, 0.2) is 0 Å². The first-order valence-corrected chi connectivity index (χ1v) is 4.77. The van der Waals surface area contributed by atoms with E-state index < -0.39 is 0 Å². The molecular formula is C9H18N2. The van der Waals surface area contributed by atoms with Crippen LogP contribution < -0.4 is 5.73 Å². The third kappa shape index (κ3) is 1.30. The van der Waals surface area contributed by atoms with Crippen LogP contribution in [0.4, 0.5) is 0 Å². The Labute approximate surface area is 68.7 Å². The molecule has 0 aromatic heterocycles. The molecule has 1 heterocycles. The summed E-state index contributed by atoms with van der Waals surface area (Å²) in [4.78, 5) is 2.36. The summed E-state index contributed by atoms with van der Waals surface area (Å²) in [6.45, 7) is 3.25. The molecule has 1 spiro atoms. The summed E-state index contributed by atoms with van der Waals surface area (Å²) in [5.74, 6) is 0. The standard InChI is InChI=1S/C9H18N2/c10-8-11-6-4-9(5-7-11)2-1-3-9/h1-8,10H2. The minimum Gasteiger partial charge on any atom is -0.318 e. The molecule has 2 heteroatoms. The average Bonchev–Trinajstić information content (AvgIpc) is 2.02. The molecule has 1 saturated heterocycles. The van der Waals surface area contributed by atoms with Gasteiger partial charge in [0, 0.05) is 6.67 Å². The van der Waals surface area contributed by atoms with Crippen molar-refractivity contribution < 1.29 is 0 Å². The van der Waals surface area contributed by atoms with E-state index >= 15 is 0 Å². The lowest BCUT2D eigenvalue weighted by Crippen LogP contribution is -2.45. The van der Waals surface area contributed by atoms with Crippen molar-refractivity contribution in [3.05, 3.63) is 0 Å². The van der Waals surface area contributed by atoms with E-state index in [2.05, 4.69) is 4.90 Å². The smallest absolute Gasteiger partial charge is 0.0455 e. The van der Waals surface area contributed by atoms with Crippen LogP contribution >= 0.6 is 0 Å². The number of rotatable bonds is 1. The first kappa shape index (κ1) is 7.56. The van der Waals surface area contributed by atoms with E-state index in [1.54, 1.807) is 0 Å². The maximum atomic E-state index is 5.58. The lowest BCUT2D eigenvalue weighted by Gasteiger charge is -2.47. The summed E-state index contributed by atoms with van der Waals surface area (Å²) in [7, 11) is 0. The van der Waals surface area contributed by atoms with Gasteiger partial charge < -0.3 is 5.73 Å². The SMILES string of the molecule is NCN1CCC2(CCC2)CC1. The molecule has 0 bridgehead atoms.